The normalized spacial score (nSPS) is 11.0. The monoisotopic (exact) mass is 324 g/mol. The standard InChI is InChI=1S/C20H21FN2O/c1-12-4-5-15(10-13(12)2)20(24)22-9-8-17-14(3)23-19-7-6-16(21)11-18(17)19/h4-7,10-11,23H,8-9H2,1-3H3,(H,22,24). The van der Waals surface area contributed by atoms with E-state index in [0.717, 1.165) is 27.7 Å². The van der Waals surface area contributed by atoms with E-state index in [4.69, 9.17) is 0 Å². The van der Waals surface area contributed by atoms with Gasteiger partial charge in [-0.1, -0.05) is 6.07 Å². The van der Waals surface area contributed by atoms with Gasteiger partial charge in [0.05, 0.1) is 0 Å². The first-order valence-electron chi connectivity index (χ1n) is 8.08. The van der Waals surface area contributed by atoms with Crippen molar-refractivity contribution < 1.29 is 9.18 Å². The highest BCUT2D eigenvalue weighted by atomic mass is 19.1. The summed E-state index contributed by atoms with van der Waals surface area (Å²) in [5.41, 5.74) is 5.92. The first kappa shape index (κ1) is 16.2. The number of nitrogens with one attached hydrogen (secondary N) is 2. The lowest BCUT2D eigenvalue weighted by molar-refractivity contribution is 0.0954. The Hall–Kier alpha value is -2.62. The molecular weight excluding hydrogens is 303 g/mol. The van der Waals surface area contributed by atoms with Gasteiger partial charge < -0.3 is 10.3 Å². The van der Waals surface area contributed by atoms with Crippen LogP contribution >= 0.6 is 0 Å². The van der Waals surface area contributed by atoms with E-state index in [9.17, 15) is 9.18 Å². The van der Waals surface area contributed by atoms with Crippen molar-refractivity contribution in [2.45, 2.75) is 27.2 Å². The Bertz CT molecular complexity index is 911. The summed E-state index contributed by atoms with van der Waals surface area (Å²) in [4.78, 5) is 15.5. The average molecular weight is 324 g/mol. The second-order valence-corrected chi connectivity index (χ2v) is 6.22. The summed E-state index contributed by atoms with van der Waals surface area (Å²) < 4.78 is 13.5. The smallest absolute Gasteiger partial charge is 0.251 e. The molecular formula is C20H21FN2O. The number of carbonyl (C=O) groups is 1. The Kier molecular flexibility index (Phi) is 4.38. The largest absolute Gasteiger partial charge is 0.358 e. The Morgan fingerprint density at radius 1 is 1.08 bits per heavy atom. The van der Waals surface area contributed by atoms with E-state index in [1.807, 2.05) is 39.0 Å². The molecule has 1 amide bonds. The number of aryl methyl sites for hydroxylation is 3. The van der Waals surface area contributed by atoms with Gasteiger partial charge in [-0.15, -0.1) is 0 Å². The van der Waals surface area contributed by atoms with E-state index < -0.39 is 0 Å². The molecule has 24 heavy (non-hydrogen) atoms. The molecule has 0 saturated heterocycles. The molecule has 3 aromatic rings. The van der Waals surface area contributed by atoms with Gasteiger partial charge in [0.2, 0.25) is 0 Å². The summed E-state index contributed by atoms with van der Waals surface area (Å²) in [6.07, 6.45) is 0.659. The van der Waals surface area contributed by atoms with E-state index in [-0.39, 0.29) is 11.7 Å². The molecule has 2 N–H and O–H groups in total. The third kappa shape index (κ3) is 3.18. The third-order valence-electron chi connectivity index (χ3n) is 4.51. The van der Waals surface area contributed by atoms with E-state index in [0.29, 0.717) is 18.5 Å². The van der Waals surface area contributed by atoms with Crippen LogP contribution in [0.15, 0.2) is 36.4 Å². The van der Waals surface area contributed by atoms with Crippen LogP contribution in [0.1, 0.15) is 32.7 Å². The predicted molar refractivity (Wildman–Crippen MR) is 94.9 cm³/mol. The van der Waals surface area contributed by atoms with Crippen LogP contribution in [0.25, 0.3) is 10.9 Å². The molecule has 0 bridgehead atoms. The molecule has 1 aromatic heterocycles. The number of aromatic amines is 1. The van der Waals surface area contributed by atoms with E-state index >= 15 is 0 Å². The zero-order valence-electron chi connectivity index (χ0n) is 14.2. The van der Waals surface area contributed by atoms with Crippen LogP contribution in [-0.4, -0.2) is 17.4 Å². The summed E-state index contributed by atoms with van der Waals surface area (Å²) in [5, 5.41) is 3.83. The Balaban J connectivity index is 1.70. The highest BCUT2D eigenvalue weighted by Gasteiger charge is 2.11. The molecule has 3 nitrogen and oxygen atoms in total. The summed E-state index contributed by atoms with van der Waals surface area (Å²) in [5.74, 6) is -0.330. The highest BCUT2D eigenvalue weighted by Crippen LogP contribution is 2.23. The molecule has 0 aliphatic carbocycles. The van der Waals surface area contributed by atoms with Crippen molar-refractivity contribution >= 4 is 16.8 Å². The van der Waals surface area contributed by atoms with Crippen molar-refractivity contribution in [3.63, 3.8) is 0 Å². The van der Waals surface area contributed by atoms with Crippen LogP contribution < -0.4 is 5.32 Å². The number of carbonyl (C=O) groups excluding carboxylic acids is 1. The lowest BCUT2D eigenvalue weighted by Gasteiger charge is -2.08. The number of rotatable bonds is 4. The minimum atomic E-state index is -0.248. The van der Waals surface area contributed by atoms with Gasteiger partial charge in [0.25, 0.3) is 5.91 Å². The van der Waals surface area contributed by atoms with Crippen molar-refractivity contribution in [1.29, 1.82) is 0 Å². The fourth-order valence-corrected chi connectivity index (χ4v) is 2.96. The van der Waals surface area contributed by atoms with Crippen LogP contribution in [0.2, 0.25) is 0 Å². The molecule has 4 heteroatoms. The Labute approximate surface area is 140 Å². The van der Waals surface area contributed by atoms with Crippen molar-refractivity contribution in [2.24, 2.45) is 0 Å². The first-order valence-corrected chi connectivity index (χ1v) is 8.08. The predicted octanol–water partition coefficient (Wildman–Crippen LogP) is 4.20. The van der Waals surface area contributed by atoms with E-state index in [2.05, 4.69) is 10.3 Å². The van der Waals surface area contributed by atoms with Crippen LogP contribution in [-0.2, 0) is 6.42 Å². The second-order valence-electron chi connectivity index (χ2n) is 6.22. The van der Waals surface area contributed by atoms with Crippen LogP contribution in [0.5, 0.6) is 0 Å². The SMILES string of the molecule is Cc1ccc(C(=O)NCCc2c(C)[nH]c3ccc(F)cc23)cc1C. The number of fused-ring (bicyclic) bond motifs is 1. The quantitative estimate of drug-likeness (QED) is 0.742. The molecule has 1 heterocycles. The summed E-state index contributed by atoms with van der Waals surface area (Å²) in [6.45, 7) is 6.50. The van der Waals surface area contributed by atoms with Crippen molar-refractivity contribution in [2.75, 3.05) is 6.54 Å². The summed E-state index contributed by atoms with van der Waals surface area (Å²) in [6, 6.07) is 10.4. The van der Waals surface area contributed by atoms with Gasteiger partial charge in [-0.2, -0.15) is 0 Å². The number of hydrogen-bond donors (Lipinski definition) is 2. The topological polar surface area (TPSA) is 44.9 Å². The fraction of sp³-hybridized carbons (Fsp3) is 0.250. The van der Waals surface area contributed by atoms with Gasteiger partial charge >= 0.3 is 0 Å². The van der Waals surface area contributed by atoms with Gasteiger partial charge in [-0.3, -0.25) is 4.79 Å². The number of halogens is 1. The van der Waals surface area contributed by atoms with Gasteiger partial charge in [-0.05, 0) is 74.2 Å². The van der Waals surface area contributed by atoms with Crippen LogP contribution in [0.4, 0.5) is 4.39 Å². The number of hydrogen-bond acceptors (Lipinski definition) is 1. The molecule has 0 aliphatic rings. The zero-order chi connectivity index (χ0) is 17.3. The number of benzene rings is 2. The van der Waals surface area contributed by atoms with Crippen LogP contribution in [0.3, 0.4) is 0 Å². The van der Waals surface area contributed by atoms with Gasteiger partial charge in [0.1, 0.15) is 5.82 Å². The molecule has 0 atom stereocenters. The zero-order valence-corrected chi connectivity index (χ0v) is 14.2. The van der Waals surface area contributed by atoms with Crippen molar-refractivity contribution in [1.82, 2.24) is 10.3 Å². The molecule has 2 aromatic carbocycles. The second kappa shape index (κ2) is 6.48. The number of H-pyrrole nitrogens is 1. The van der Waals surface area contributed by atoms with Gasteiger partial charge in [-0.25, -0.2) is 4.39 Å². The third-order valence-corrected chi connectivity index (χ3v) is 4.51. The van der Waals surface area contributed by atoms with Crippen LogP contribution in [0, 0.1) is 26.6 Å². The van der Waals surface area contributed by atoms with Crippen molar-refractivity contribution in [3.05, 3.63) is 70.2 Å². The lowest BCUT2D eigenvalue weighted by Crippen LogP contribution is -2.25. The Morgan fingerprint density at radius 3 is 2.62 bits per heavy atom. The first-order chi connectivity index (χ1) is 11.5. The highest BCUT2D eigenvalue weighted by molar-refractivity contribution is 5.94. The minimum Gasteiger partial charge on any atom is -0.358 e. The fourth-order valence-electron chi connectivity index (χ4n) is 2.96. The lowest BCUT2D eigenvalue weighted by atomic mass is 10.1. The molecule has 3 rings (SSSR count). The minimum absolute atomic E-state index is 0.0817. The summed E-state index contributed by atoms with van der Waals surface area (Å²) >= 11 is 0. The maximum atomic E-state index is 13.5. The van der Waals surface area contributed by atoms with Gasteiger partial charge in [0.15, 0.2) is 0 Å². The number of aromatic nitrogens is 1. The summed E-state index contributed by atoms with van der Waals surface area (Å²) in [7, 11) is 0. The van der Waals surface area contributed by atoms with E-state index in [1.165, 1.54) is 11.6 Å². The molecule has 0 fully saturated rings. The molecule has 0 aliphatic heterocycles. The molecule has 0 saturated carbocycles. The molecule has 0 spiro atoms. The molecule has 0 radical (unpaired) electrons. The molecule has 124 valence electrons. The Morgan fingerprint density at radius 2 is 1.88 bits per heavy atom. The molecule has 0 unspecified atom stereocenters. The average Bonchev–Trinajstić information content (AvgIpc) is 2.85. The maximum absolute atomic E-state index is 13.5. The maximum Gasteiger partial charge on any atom is 0.251 e. The number of amides is 1. The van der Waals surface area contributed by atoms with E-state index in [1.54, 1.807) is 12.1 Å². The van der Waals surface area contributed by atoms with Gasteiger partial charge in [0, 0.05) is 28.7 Å². The van der Waals surface area contributed by atoms with Crippen molar-refractivity contribution in [3.8, 4) is 0 Å².